The van der Waals surface area contributed by atoms with E-state index in [9.17, 15) is 9.90 Å². The van der Waals surface area contributed by atoms with Gasteiger partial charge >= 0.3 is 5.97 Å². The summed E-state index contributed by atoms with van der Waals surface area (Å²) in [5, 5.41) is 18.4. The molecule has 0 aromatic heterocycles. The topological polar surface area (TPSA) is 57.5 Å². The van der Waals surface area contributed by atoms with Gasteiger partial charge in [0.25, 0.3) is 0 Å². The molecule has 0 saturated heterocycles. The molecule has 0 unspecified atom stereocenters. The zero-order valence-electron chi connectivity index (χ0n) is 7.91. The van der Waals surface area contributed by atoms with Crippen molar-refractivity contribution in [2.24, 2.45) is 0 Å². The fraction of sp³-hybridized carbons (Fsp3) is 0.300. The van der Waals surface area contributed by atoms with Gasteiger partial charge in [-0.1, -0.05) is 6.07 Å². The van der Waals surface area contributed by atoms with Crippen LogP contribution < -0.4 is 0 Å². The summed E-state index contributed by atoms with van der Waals surface area (Å²) in [5.74, 6) is -0.987. The highest BCUT2D eigenvalue weighted by molar-refractivity contribution is 9.10. The van der Waals surface area contributed by atoms with E-state index in [4.69, 9.17) is 5.11 Å². The van der Waals surface area contributed by atoms with Gasteiger partial charge in [0.15, 0.2) is 0 Å². The van der Waals surface area contributed by atoms with Crippen molar-refractivity contribution in [2.75, 3.05) is 0 Å². The average Bonchev–Trinajstić information content (AvgIpc) is 2.01. The van der Waals surface area contributed by atoms with Gasteiger partial charge in [0, 0.05) is 4.47 Å². The fourth-order valence-corrected chi connectivity index (χ4v) is 1.62. The normalized spacial score (nSPS) is 11.4. The molecule has 0 aliphatic heterocycles. The molecule has 76 valence electrons. The van der Waals surface area contributed by atoms with E-state index in [2.05, 4.69) is 15.9 Å². The van der Waals surface area contributed by atoms with Crippen molar-refractivity contribution < 1.29 is 15.0 Å². The molecule has 0 fully saturated rings. The lowest BCUT2D eigenvalue weighted by Crippen LogP contribution is -2.15. The van der Waals surface area contributed by atoms with Crippen molar-refractivity contribution in [2.45, 2.75) is 19.4 Å². The molecule has 0 aliphatic carbocycles. The van der Waals surface area contributed by atoms with Crippen LogP contribution in [0.1, 0.15) is 29.8 Å². The number of hydrogen-bond donors (Lipinski definition) is 2. The largest absolute Gasteiger partial charge is 0.478 e. The van der Waals surface area contributed by atoms with E-state index in [1.54, 1.807) is 26.0 Å². The number of carboxylic acid groups (broad SMARTS) is 1. The van der Waals surface area contributed by atoms with Crippen molar-refractivity contribution >= 4 is 21.9 Å². The molecule has 1 rings (SSSR count). The Morgan fingerprint density at radius 2 is 2.00 bits per heavy atom. The summed E-state index contributed by atoms with van der Waals surface area (Å²) in [6.07, 6.45) is 0. The first-order valence-corrected chi connectivity index (χ1v) is 4.87. The Kier molecular flexibility index (Phi) is 2.97. The maximum absolute atomic E-state index is 10.7. The quantitative estimate of drug-likeness (QED) is 0.857. The summed E-state index contributed by atoms with van der Waals surface area (Å²) in [5.41, 5.74) is -0.0908. The van der Waals surface area contributed by atoms with Crippen molar-refractivity contribution in [3.8, 4) is 0 Å². The molecular weight excluding hydrogens is 248 g/mol. The molecule has 3 nitrogen and oxygen atoms in total. The Hall–Kier alpha value is -0.870. The smallest absolute Gasteiger partial charge is 0.336 e. The SMILES string of the molecule is CC(C)(O)c1ccc(C(=O)O)c(Br)c1. The van der Waals surface area contributed by atoms with Gasteiger partial charge in [-0.2, -0.15) is 0 Å². The van der Waals surface area contributed by atoms with Gasteiger partial charge in [-0.05, 0) is 47.5 Å². The van der Waals surface area contributed by atoms with E-state index in [0.29, 0.717) is 10.0 Å². The number of carbonyl (C=O) groups is 1. The molecule has 1 aromatic rings. The van der Waals surface area contributed by atoms with E-state index in [0.717, 1.165) is 0 Å². The van der Waals surface area contributed by atoms with E-state index in [-0.39, 0.29) is 5.56 Å². The fourth-order valence-electron chi connectivity index (χ4n) is 1.07. The Labute approximate surface area is 90.5 Å². The van der Waals surface area contributed by atoms with Crippen LogP contribution in [0.15, 0.2) is 22.7 Å². The predicted octanol–water partition coefficient (Wildman–Crippen LogP) is 2.37. The number of hydrogen-bond acceptors (Lipinski definition) is 2. The molecule has 0 saturated carbocycles. The molecule has 0 aliphatic rings. The zero-order chi connectivity index (χ0) is 10.9. The number of aromatic carboxylic acids is 1. The lowest BCUT2D eigenvalue weighted by atomic mass is 9.97. The summed E-state index contributed by atoms with van der Waals surface area (Å²) in [6, 6.07) is 4.69. The van der Waals surface area contributed by atoms with Crippen LogP contribution in [-0.4, -0.2) is 16.2 Å². The molecule has 14 heavy (non-hydrogen) atoms. The van der Waals surface area contributed by atoms with Gasteiger partial charge < -0.3 is 10.2 Å². The third kappa shape index (κ3) is 2.33. The summed E-state index contributed by atoms with van der Waals surface area (Å²) in [6.45, 7) is 3.30. The standard InChI is InChI=1S/C10H11BrO3/c1-10(2,14)6-3-4-7(9(12)13)8(11)5-6/h3-5,14H,1-2H3,(H,12,13). The molecule has 0 atom stereocenters. The lowest BCUT2D eigenvalue weighted by molar-refractivity contribution is 0.0691. The maximum Gasteiger partial charge on any atom is 0.336 e. The Morgan fingerprint density at radius 1 is 1.43 bits per heavy atom. The molecule has 0 spiro atoms. The first kappa shape index (κ1) is 11.2. The minimum atomic E-state index is -0.987. The molecule has 0 amide bonds. The third-order valence-electron chi connectivity index (χ3n) is 1.91. The summed E-state index contributed by atoms with van der Waals surface area (Å²) in [7, 11) is 0. The number of halogens is 1. The Bertz CT molecular complexity index is 366. The average molecular weight is 259 g/mol. The van der Waals surface area contributed by atoms with Crippen LogP contribution in [0.4, 0.5) is 0 Å². The highest BCUT2D eigenvalue weighted by Gasteiger charge is 2.18. The summed E-state index contributed by atoms with van der Waals surface area (Å²) >= 11 is 3.15. The first-order chi connectivity index (χ1) is 6.32. The third-order valence-corrected chi connectivity index (χ3v) is 2.56. The Morgan fingerprint density at radius 3 is 2.36 bits per heavy atom. The molecule has 1 aromatic carbocycles. The number of rotatable bonds is 2. The van der Waals surface area contributed by atoms with E-state index < -0.39 is 11.6 Å². The van der Waals surface area contributed by atoms with Crippen molar-refractivity contribution in [3.05, 3.63) is 33.8 Å². The second-order valence-corrected chi connectivity index (χ2v) is 4.41. The number of benzene rings is 1. The van der Waals surface area contributed by atoms with Crippen LogP contribution in [-0.2, 0) is 5.60 Å². The lowest BCUT2D eigenvalue weighted by Gasteiger charge is -2.18. The number of aliphatic hydroxyl groups is 1. The second-order valence-electron chi connectivity index (χ2n) is 3.56. The summed E-state index contributed by atoms with van der Waals surface area (Å²) < 4.78 is 0.477. The van der Waals surface area contributed by atoms with Crippen LogP contribution in [0.2, 0.25) is 0 Å². The minimum Gasteiger partial charge on any atom is -0.478 e. The zero-order valence-corrected chi connectivity index (χ0v) is 9.50. The van der Waals surface area contributed by atoms with Crippen molar-refractivity contribution in [3.63, 3.8) is 0 Å². The van der Waals surface area contributed by atoms with Gasteiger partial charge in [-0.15, -0.1) is 0 Å². The number of carboxylic acids is 1. The maximum atomic E-state index is 10.7. The van der Waals surface area contributed by atoms with E-state index in [1.165, 1.54) is 6.07 Å². The Balaban J connectivity index is 3.20. The predicted molar refractivity (Wildman–Crippen MR) is 56.3 cm³/mol. The van der Waals surface area contributed by atoms with Crippen molar-refractivity contribution in [1.29, 1.82) is 0 Å². The monoisotopic (exact) mass is 258 g/mol. The van der Waals surface area contributed by atoms with Gasteiger partial charge in [-0.25, -0.2) is 4.79 Å². The van der Waals surface area contributed by atoms with E-state index in [1.807, 2.05) is 0 Å². The highest BCUT2D eigenvalue weighted by Crippen LogP contribution is 2.25. The molecular formula is C10H11BrO3. The molecule has 0 bridgehead atoms. The van der Waals surface area contributed by atoms with Gasteiger partial charge in [0.05, 0.1) is 11.2 Å². The molecule has 4 heteroatoms. The van der Waals surface area contributed by atoms with E-state index >= 15 is 0 Å². The van der Waals surface area contributed by atoms with Gasteiger partial charge in [0.1, 0.15) is 0 Å². The van der Waals surface area contributed by atoms with Crippen LogP contribution in [0, 0.1) is 0 Å². The summed E-state index contributed by atoms with van der Waals surface area (Å²) in [4.78, 5) is 10.7. The van der Waals surface area contributed by atoms with Crippen LogP contribution in [0.3, 0.4) is 0 Å². The minimum absolute atomic E-state index is 0.193. The van der Waals surface area contributed by atoms with Crippen molar-refractivity contribution in [1.82, 2.24) is 0 Å². The van der Waals surface area contributed by atoms with Crippen LogP contribution >= 0.6 is 15.9 Å². The molecule has 0 radical (unpaired) electrons. The first-order valence-electron chi connectivity index (χ1n) is 4.08. The molecule has 2 N–H and O–H groups in total. The van der Waals surface area contributed by atoms with Gasteiger partial charge in [0.2, 0.25) is 0 Å². The van der Waals surface area contributed by atoms with Crippen LogP contribution in [0.5, 0.6) is 0 Å². The van der Waals surface area contributed by atoms with Gasteiger partial charge in [-0.3, -0.25) is 0 Å². The second kappa shape index (κ2) is 3.71. The highest BCUT2D eigenvalue weighted by atomic mass is 79.9. The molecule has 0 heterocycles. The van der Waals surface area contributed by atoms with Crippen LogP contribution in [0.25, 0.3) is 0 Å².